The lowest BCUT2D eigenvalue weighted by molar-refractivity contribution is -0.139. The summed E-state index contributed by atoms with van der Waals surface area (Å²) in [6, 6.07) is 1.88. The zero-order chi connectivity index (χ0) is 20.3. The van der Waals surface area contributed by atoms with Crippen LogP contribution in [0.2, 0.25) is 0 Å². The number of H-pyrrole nitrogens is 1. The summed E-state index contributed by atoms with van der Waals surface area (Å²) >= 11 is 0. The van der Waals surface area contributed by atoms with E-state index in [1.165, 1.54) is 11.3 Å². The lowest BCUT2D eigenvalue weighted by Crippen LogP contribution is -2.35. The van der Waals surface area contributed by atoms with Crippen LogP contribution in [0.15, 0.2) is 27.9 Å². The molecule has 2 aliphatic rings. The lowest BCUT2D eigenvalue weighted by atomic mass is 9.78. The van der Waals surface area contributed by atoms with Gasteiger partial charge in [0, 0.05) is 24.1 Å². The number of hydrogen-bond acceptors (Lipinski definition) is 5. The Bertz CT molecular complexity index is 789. The summed E-state index contributed by atoms with van der Waals surface area (Å²) in [7, 11) is 0. The van der Waals surface area contributed by atoms with E-state index in [-0.39, 0.29) is 18.3 Å². The molecule has 0 bridgehead atoms. The molecule has 1 fully saturated rings. The van der Waals surface area contributed by atoms with Crippen LogP contribution in [0.5, 0.6) is 0 Å². The van der Waals surface area contributed by atoms with Gasteiger partial charge in [0.15, 0.2) is 0 Å². The molecule has 0 atom stereocenters. The van der Waals surface area contributed by atoms with E-state index in [1.807, 2.05) is 11.4 Å². The summed E-state index contributed by atoms with van der Waals surface area (Å²) in [5.41, 5.74) is 2.36. The quantitative estimate of drug-likeness (QED) is 0.527. The Hall–Kier alpha value is -2.62. The SMILES string of the molecule is C=N/C(=C1/c2cc[nH]c2N=CN1N)[C@H]1CC[C@H](CC(=O)NCC(F)(F)F)CC1. The fourth-order valence-electron chi connectivity index (χ4n) is 3.82. The van der Waals surface area contributed by atoms with Crippen LogP contribution in [0.25, 0.3) is 5.70 Å². The molecule has 1 saturated carbocycles. The summed E-state index contributed by atoms with van der Waals surface area (Å²) in [6.07, 6.45) is 1.99. The van der Waals surface area contributed by atoms with Gasteiger partial charge >= 0.3 is 6.18 Å². The summed E-state index contributed by atoms with van der Waals surface area (Å²) < 4.78 is 36.6. The molecule has 1 aliphatic heterocycles. The second-order valence-corrected chi connectivity index (χ2v) is 7.10. The first-order valence-corrected chi connectivity index (χ1v) is 9.08. The third kappa shape index (κ3) is 4.61. The molecular formula is C18H23F3N6O. The summed E-state index contributed by atoms with van der Waals surface area (Å²) in [4.78, 5) is 23.2. The molecule has 152 valence electrons. The number of allylic oxidation sites excluding steroid dienone is 1. The van der Waals surface area contributed by atoms with Gasteiger partial charge in [-0.2, -0.15) is 13.2 Å². The highest BCUT2D eigenvalue weighted by Crippen LogP contribution is 2.40. The van der Waals surface area contributed by atoms with Crippen LogP contribution in [-0.2, 0) is 4.79 Å². The maximum atomic E-state index is 12.2. The first-order chi connectivity index (χ1) is 13.3. The van der Waals surface area contributed by atoms with Gasteiger partial charge in [0.05, 0.1) is 11.4 Å². The third-order valence-electron chi connectivity index (χ3n) is 5.16. The Morgan fingerprint density at radius 3 is 2.75 bits per heavy atom. The van der Waals surface area contributed by atoms with Crippen molar-refractivity contribution in [2.24, 2.45) is 27.7 Å². The van der Waals surface area contributed by atoms with Crippen molar-refractivity contribution in [3.63, 3.8) is 0 Å². The number of fused-ring (bicyclic) bond motifs is 1. The van der Waals surface area contributed by atoms with E-state index in [0.717, 1.165) is 42.6 Å². The van der Waals surface area contributed by atoms with Gasteiger partial charge in [-0.1, -0.05) is 0 Å². The van der Waals surface area contributed by atoms with Gasteiger partial charge in [-0.05, 0) is 44.4 Å². The van der Waals surface area contributed by atoms with E-state index < -0.39 is 18.6 Å². The van der Waals surface area contributed by atoms with Crippen molar-refractivity contribution in [2.75, 3.05) is 6.54 Å². The van der Waals surface area contributed by atoms with Gasteiger partial charge in [-0.25, -0.2) is 10.8 Å². The molecule has 0 saturated heterocycles. The number of nitrogens with two attached hydrogens (primary N) is 1. The van der Waals surface area contributed by atoms with Gasteiger partial charge in [0.25, 0.3) is 0 Å². The number of amides is 1. The number of hydrogen-bond donors (Lipinski definition) is 3. The monoisotopic (exact) mass is 396 g/mol. The minimum absolute atomic E-state index is 0.0604. The minimum atomic E-state index is -4.39. The topological polar surface area (TPSA) is 98.9 Å². The van der Waals surface area contributed by atoms with E-state index in [0.29, 0.717) is 5.82 Å². The molecule has 3 rings (SSSR count). The Labute approximate surface area is 160 Å². The van der Waals surface area contributed by atoms with Crippen LogP contribution in [0.4, 0.5) is 19.0 Å². The normalized spacial score (nSPS) is 23.9. The van der Waals surface area contributed by atoms with Crippen molar-refractivity contribution in [3.05, 3.63) is 23.5 Å². The second-order valence-electron chi connectivity index (χ2n) is 7.10. The Morgan fingerprint density at radius 1 is 1.39 bits per heavy atom. The fourth-order valence-corrected chi connectivity index (χ4v) is 3.82. The average Bonchev–Trinajstić information content (AvgIpc) is 3.12. The van der Waals surface area contributed by atoms with Crippen molar-refractivity contribution < 1.29 is 18.0 Å². The van der Waals surface area contributed by atoms with E-state index in [4.69, 9.17) is 5.84 Å². The molecular weight excluding hydrogens is 373 g/mol. The first kappa shape index (κ1) is 20.1. The third-order valence-corrected chi connectivity index (χ3v) is 5.16. The van der Waals surface area contributed by atoms with Crippen LogP contribution in [0.1, 0.15) is 37.7 Å². The molecule has 2 heterocycles. The highest BCUT2D eigenvalue weighted by Gasteiger charge is 2.31. The highest BCUT2D eigenvalue weighted by atomic mass is 19.4. The number of alkyl halides is 3. The van der Waals surface area contributed by atoms with Crippen molar-refractivity contribution in [1.29, 1.82) is 0 Å². The first-order valence-electron chi connectivity index (χ1n) is 9.08. The number of nitrogens with zero attached hydrogens (tertiary/aromatic N) is 3. The van der Waals surface area contributed by atoms with Crippen LogP contribution in [0, 0.1) is 11.8 Å². The Morgan fingerprint density at radius 2 is 2.11 bits per heavy atom. The molecule has 0 unspecified atom stereocenters. The molecule has 0 spiro atoms. The summed E-state index contributed by atoms with van der Waals surface area (Å²) in [5.74, 6) is 6.39. The second kappa shape index (κ2) is 8.17. The van der Waals surface area contributed by atoms with Gasteiger partial charge < -0.3 is 10.3 Å². The van der Waals surface area contributed by atoms with Crippen molar-refractivity contribution in [1.82, 2.24) is 15.3 Å². The Kier molecular flexibility index (Phi) is 5.87. The van der Waals surface area contributed by atoms with E-state index in [2.05, 4.69) is 21.7 Å². The standard InChI is InChI=1S/C18H23F3N6O/c1-23-15(16-13-6-7-24-17(13)26-10-27(16)22)12-4-2-11(3-5-12)8-14(28)25-9-18(19,20)21/h6-7,10-12,24H,1-5,8-9,22H2,(H,25,28)/b16-15-/t11-,12-. The number of rotatable bonds is 5. The highest BCUT2D eigenvalue weighted by molar-refractivity contribution is 5.87. The van der Waals surface area contributed by atoms with Gasteiger partial charge in [0.1, 0.15) is 18.7 Å². The van der Waals surface area contributed by atoms with Gasteiger partial charge in [-0.3, -0.25) is 14.8 Å². The maximum Gasteiger partial charge on any atom is 0.405 e. The number of carbonyl (C=O) groups is 1. The molecule has 10 heteroatoms. The van der Waals surface area contributed by atoms with E-state index in [1.54, 1.807) is 6.20 Å². The number of carbonyl (C=O) groups excluding carboxylic acids is 1. The summed E-state index contributed by atoms with van der Waals surface area (Å²) in [5, 5.41) is 3.37. The molecule has 1 amide bonds. The number of hydrazine groups is 1. The zero-order valence-electron chi connectivity index (χ0n) is 15.3. The molecule has 1 aromatic rings. The van der Waals surface area contributed by atoms with Crippen molar-refractivity contribution in [2.45, 2.75) is 38.3 Å². The molecule has 0 radical (unpaired) electrons. The molecule has 1 aromatic heterocycles. The number of aromatic amines is 1. The van der Waals surface area contributed by atoms with Crippen molar-refractivity contribution >= 4 is 30.5 Å². The average molecular weight is 396 g/mol. The summed E-state index contributed by atoms with van der Waals surface area (Å²) in [6.45, 7) is 2.42. The predicted octanol–water partition coefficient (Wildman–Crippen LogP) is 3.11. The van der Waals surface area contributed by atoms with E-state index in [9.17, 15) is 18.0 Å². The molecule has 0 aromatic carbocycles. The van der Waals surface area contributed by atoms with Crippen LogP contribution < -0.4 is 11.2 Å². The fraction of sp³-hybridized carbons (Fsp3) is 0.500. The largest absolute Gasteiger partial charge is 0.405 e. The molecule has 7 nitrogen and oxygen atoms in total. The number of aliphatic imine (C=N–C) groups is 2. The zero-order valence-corrected chi connectivity index (χ0v) is 15.3. The van der Waals surface area contributed by atoms with Crippen LogP contribution in [-0.4, -0.2) is 41.7 Å². The number of nitrogens with one attached hydrogen (secondary N) is 2. The van der Waals surface area contributed by atoms with Gasteiger partial charge in [0.2, 0.25) is 5.91 Å². The van der Waals surface area contributed by atoms with Crippen molar-refractivity contribution in [3.8, 4) is 0 Å². The lowest BCUT2D eigenvalue weighted by Gasteiger charge is -2.31. The maximum absolute atomic E-state index is 12.2. The molecule has 28 heavy (non-hydrogen) atoms. The van der Waals surface area contributed by atoms with Gasteiger partial charge in [-0.15, -0.1) is 0 Å². The minimum Gasteiger partial charge on any atom is -0.347 e. The van der Waals surface area contributed by atoms with E-state index >= 15 is 0 Å². The molecule has 1 aliphatic carbocycles. The Balaban J connectivity index is 1.63. The number of halogens is 3. The van der Waals surface area contributed by atoms with Crippen LogP contribution in [0.3, 0.4) is 0 Å². The smallest absolute Gasteiger partial charge is 0.347 e. The van der Waals surface area contributed by atoms with Crippen LogP contribution >= 0.6 is 0 Å². The number of aromatic nitrogens is 1. The predicted molar refractivity (Wildman–Crippen MR) is 101 cm³/mol. The molecule has 4 N–H and O–H groups in total.